The van der Waals surface area contributed by atoms with Crippen molar-refractivity contribution in [2.75, 3.05) is 28.1 Å². The Morgan fingerprint density at radius 1 is 1.03 bits per heavy atom. The van der Waals surface area contributed by atoms with Crippen LogP contribution in [0, 0.1) is 13.8 Å². The Morgan fingerprint density at radius 3 is 2.32 bits per heavy atom. The van der Waals surface area contributed by atoms with Crippen LogP contribution in [0.5, 0.6) is 23.0 Å². The molecule has 0 bridgehead atoms. The van der Waals surface area contributed by atoms with Gasteiger partial charge in [0.15, 0.2) is 11.5 Å². The van der Waals surface area contributed by atoms with E-state index in [2.05, 4.69) is 4.90 Å². The molecule has 1 aliphatic heterocycles. The van der Waals surface area contributed by atoms with Crippen LogP contribution in [0.2, 0.25) is 5.02 Å². The number of benzene rings is 2. The molecule has 7 nitrogen and oxygen atoms in total. The van der Waals surface area contributed by atoms with Crippen LogP contribution in [0.3, 0.4) is 0 Å². The molecule has 0 fully saturated rings. The summed E-state index contributed by atoms with van der Waals surface area (Å²) in [7, 11) is 4.74. The molecule has 0 aliphatic carbocycles. The Hall–Kier alpha value is -2.90. The van der Waals surface area contributed by atoms with Crippen molar-refractivity contribution in [1.82, 2.24) is 4.90 Å². The third-order valence-corrected chi connectivity index (χ3v) is 5.93. The Labute approximate surface area is 185 Å². The van der Waals surface area contributed by atoms with Gasteiger partial charge >= 0.3 is 5.63 Å². The zero-order valence-electron chi connectivity index (χ0n) is 18.1. The molecule has 2 heterocycles. The molecule has 0 saturated heterocycles. The zero-order valence-corrected chi connectivity index (χ0v) is 18.9. The van der Waals surface area contributed by atoms with Crippen LogP contribution in [-0.2, 0) is 13.1 Å². The molecular formula is C23H24ClNO6. The number of fused-ring (bicyclic) bond motifs is 3. The van der Waals surface area contributed by atoms with Crippen molar-refractivity contribution in [3.63, 3.8) is 0 Å². The fourth-order valence-corrected chi connectivity index (χ4v) is 4.18. The molecule has 1 aliphatic rings. The summed E-state index contributed by atoms with van der Waals surface area (Å²) in [6.45, 7) is 5.05. The van der Waals surface area contributed by atoms with Crippen molar-refractivity contribution in [2.45, 2.75) is 26.9 Å². The van der Waals surface area contributed by atoms with E-state index in [4.69, 9.17) is 35.0 Å². The number of nitrogens with zero attached hydrogens (tertiary/aromatic N) is 1. The molecule has 0 N–H and O–H groups in total. The Bertz CT molecular complexity index is 1190. The number of hydrogen-bond acceptors (Lipinski definition) is 7. The minimum absolute atomic E-state index is 0.337. The second-order valence-corrected chi connectivity index (χ2v) is 7.88. The van der Waals surface area contributed by atoms with E-state index >= 15 is 0 Å². The van der Waals surface area contributed by atoms with Crippen LogP contribution in [0.4, 0.5) is 0 Å². The lowest BCUT2D eigenvalue weighted by atomic mass is 10.0. The van der Waals surface area contributed by atoms with Crippen molar-refractivity contribution in [3.05, 3.63) is 55.9 Å². The maximum Gasteiger partial charge on any atom is 0.339 e. The van der Waals surface area contributed by atoms with E-state index in [0.717, 1.165) is 22.1 Å². The van der Waals surface area contributed by atoms with Gasteiger partial charge in [0.2, 0.25) is 5.75 Å². The SMILES string of the molecule is COc1cc(CN2COc3c(Cl)cc4c(C)c(C)c(=O)oc4c3C2)cc(OC)c1OC. The van der Waals surface area contributed by atoms with Crippen LogP contribution in [0.15, 0.2) is 27.4 Å². The van der Waals surface area contributed by atoms with E-state index in [1.165, 1.54) is 0 Å². The summed E-state index contributed by atoms with van der Waals surface area (Å²) in [5.41, 5.74) is 3.33. The van der Waals surface area contributed by atoms with Gasteiger partial charge in [-0.25, -0.2) is 4.79 Å². The van der Waals surface area contributed by atoms with Crippen molar-refractivity contribution in [1.29, 1.82) is 0 Å². The third kappa shape index (κ3) is 3.68. The summed E-state index contributed by atoms with van der Waals surface area (Å²) >= 11 is 6.50. The molecular weight excluding hydrogens is 422 g/mol. The van der Waals surface area contributed by atoms with E-state index in [9.17, 15) is 4.79 Å². The summed E-state index contributed by atoms with van der Waals surface area (Å²) in [4.78, 5) is 14.4. The second kappa shape index (κ2) is 8.32. The van der Waals surface area contributed by atoms with Gasteiger partial charge in [-0.15, -0.1) is 0 Å². The first-order chi connectivity index (χ1) is 14.9. The van der Waals surface area contributed by atoms with Gasteiger partial charge in [0.05, 0.1) is 31.9 Å². The average Bonchev–Trinajstić information content (AvgIpc) is 2.77. The van der Waals surface area contributed by atoms with Crippen LogP contribution in [-0.4, -0.2) is 33.0 Å². The van der Waals surface area contributed by atoms with Gasteiger partial charge in [0.25, 0.3) is 0 Å². The molecule has 0 saturated carbocycles. The van der Waals surface area contributed by atoms with Gasteiger partial charge < -0.3 is 23.4 Å². The number of rotatable bonds is 5. The van der Waals surface area contributed by atoms with Crippen molar-refractivity contribution >= 4 is 22.6 Å². The molecule has 2 aromatic carbocycles. The Balaban J connectivity index is 1.73. The highest BCUT2D eigenvalue weighted by atomic mass is 35.5. The third-order valence-electron chi connectivity index (χ3n) is 5.65. The lowest BCUT2D eigenvalue weighted by molar-refractivity contribution is 0.0889. The predicted octanol–water partition coefficient (Wildman–Crippen LogP) is 4.44. The van der Waals surface area contributed by atoms with Gasteiger partial charge in [-0.2, -0.15) is 0 Å². The number of methoxy groups -OCH3 is 3. The molecule has 0 unspecified atom stereocenters. The summed E-state index contributed by atoms with van der Waals surface area (Å²) in [6, 6.07) is 5.61. The van der Waals surface area contributed by atoms with Crippen LogP contribution in [0.25, 0.3) is 11.0 Å². The van der Waals surface area contributed by atoms with Gasteiger partial charge in [-0.3, -0.25) is 4.90 Å². The van der Waals surface area contributed by atoms with E-state index in [1.807, 2.05) is 19.1 Å². The van der Waals surface area contributed by atoms with Gasteiger partial charge in [-0.1, -0.05) is 11.6 Å². The maximum absolute atomic E-state index is 12.3. The zero-order chi connectivity index (χ0) is 22.3. The summed E-state index contributed by atoms with van der Waals surface area (Å²) in [5.74, 6) is 2.27. The highest BCUT2D eigenvalue weighted by molar-refractivity contribution is 6.33. The summed E-state index contributed by atoms with van der Waals surface area (Å²) in [5, 5.41) is 1.32. The number of aryl methyl sites for hydroxylation is 1. The van der Waals surface area contributed by atoms with E-state index in [-0.39, 0.29) is 5.63 Å². The quantitative estimate of drug-likeness (QED) is 0.537. The van der Waals surface area contributed by atoms with Gasteiger partial charge in [-0.05, 0) is 43.2 Å². The molecule has 0 radical (unpaired) electrons. The minimum atomic E-state index is -0.351. The summed E-state index contributed by atoms with van der Waals surface area (Å²) in [6.07, 6.45) is 0. The van der Waals surface area contributed by atoms with Crippen LogP contribution < -0.4 is 24.6 Å². The number of halogens is 1. The first-order valence-electron chi connectivity index (χ1n) is 9.77. The standard InChI is InChI=1S/C23H24ClNO6/c1-12-13(2)23(26)31-20-15(12)8-17(24)21-16(20)10-25(11-30-21)9-14-6-18(27-3)22(29-5)19(7-14)28-4/h6-8H,9-11H2,1-5H3. The Morgan fingerprint density at radius 2 is 1.71 bits per heavy atom. The fraction of sp³-hybridized carbons (Fsp3) is 0.348. The Kier molecular flexibility index (Phi) is 5.73. The highest BCUT2D eigenvalue weighted by Gasteiger charge is 2.26. The lowest BCUT2D eigenvalue weighted by Crippen LogP contribution is -2.32. The minimum Gasteiger partial charge on any atom is -0.493 e. The normalized spacial score (nSPS) is 13.6. The average molecular weight is 446 g/mol. The molecule has 0 atom stereocenters. The molecule has 8 heteroatoms. The topological polar surface area (TPSA) is 70.4 Å². The van der Waals surface area contributed by atoms with Crippen molar-refractivity contribution < 1.29 is 23.4 Å². The molecule has 0 amide bonds. The number of hydrogen-bond donors (Lipinski definition) is 0. The first-order valence-corrected chi connectivity index (χ1v) is 10.1. The largest absolute Gasteiger partial charge is 0.493 e. The van der Waals surface area contributed by atoms with Gasteiger partial charge in [0.1, 0.15) is 18.1 Å². The monoisotopic (exact) mass is 445 g/mol. The van der Waals surface area contributed by atoms with Gasteiger partial charge in [0, 0.05) is 24.0 Å². The molecule has 3 aromatic rings. The highest BCUT2D eigenvalue weighted by Crippen LogP contribution is 2.41. The summed E-state index contributed by atoms with van der Waals surface area (Å²) < 4.78 is 27.9. The van der Waals surface area contributed by atoms with Crippen LogP contribution in [0.1, 0.15) is 22.3 Å². The molecule has 164 valence electrons. The van der Waals surface area contributed by atoms with Crippen molar-refractivity contribution in [2.24, 2.45) is 0 Å². The van der Waals surface area contributed by atoms with E-state index in [0.29, 0.717) is 59.0 Å². The smallest absolute Gasteiger partial charge is 0.339 e. The lowest BCUT2D eigenvalue weighted by Gasteiger charge is -2.30. The molecule has 1 aromatic heterocycles. The number of ether oxygens (including phenoxy) is 4. The molecule has 4 rings (SSSR count). The first kappa shape index (κ1) is 21.3. The predicted molar refractivity (Wildman–Crippen MR) is 118 cm³/mol. The van der Waals surface area contributed by atoms with Crippen LogP contribution >= 0.6 is 11.6 Å². The maximum atomic E-state index is 12.3. The molecule has 0 spiro atoms. The second-order valence-electron chi connectivity index (χ2n) is 7.48. The van der Waals surface area contributed by atoms with E-state index < -0.39 is 0 Å². The van der Waals surface area contributed by atoms with Crippen molar-refractivity contribution in [3.8, 4) is 23.0 Å². The van der Waals surface area contributed by atoms with E-state index in [1.54, 1.807) is 34.3 Å². The molecule has 31 heavy (non-hydrogen) atoms. The fourth-order valence-electron chi connectivity index (χ4n) is 3.90.